The van der Waals surface area contributed by atoms with Gasteiger partial charge in [0.25, 0.3) is 0 Å². The normalized spacial score (nSPS) is 10.1. The summed E-state index contributed by atoms with van der Waals surface area (Å²) in [5.41, 5.74) is 0.999. The van der Waals surface area contributed by atoms with Crippen molar-refractivity contribution in [2.75, 3.05) is 0 Å². The fourth-order valence-electron chi connectivity index (χ4n) is 1.32. The molecule has 0 bridgehead atoms. The zero-order chi connectivity index (χ0) is 9.26. The molecule has 1 aromatic heterocycles. The molecule has 2 nitrogen and oxygen atoms in total. The third-order valence-electron chi connectivity index (χ3n) is 1.93. The minimum atomic E-state index is 0.298. The summed E-state index contributed by atoms with van der Waals surface area (Å²) in [5, 5.41) is 21.0. The van der Waals surface area contributed by atoms with Crippen molar-refractivity contribution >= 4 is 21.4 Å². The van der Waals surface area contributed by atoms with Gasteiger partial charge in [-0.25, -0.2) is 0 Å². The number of hydrogen-bond donors (Lipinski definition) is 1. The average Bonchev–Trinajstić information content (AvgIpc) is 2.51. The Labute approximate surface area is 79.7 Å². The average molecular weight is 189 g/mol. The molecule has 64 valence electrons. The maximum absolute atomic E-state index is 9.48. The smallest absolute Gasteiger partial charge is 0.133 e. The molecule has 2 aromatic rings. The van der Waals surface area contributed by atoms with Gasteiger partial charge in [0.15, 0.2) is 0 Å². The highest BCUT2D eigenvalue weighted by atomic mass is 32.1. The van der Waals surface area contributed by atoms with Gasteiger partial charge in [0.2, 0.25) is 0 Å². The first-order valence-electron chi connectivity index (χ1n) is 3.88. The molecule has 0 spiro atoms. The van der Waals surface area contributed by atoms with Crippen molar-refractivity contribution < 1.29 is 5.11 Å². The maximum Gasteiger partial charge on any atom is 0.133 e. The van der Waals surface area contributed by atoms with Crippen LogP contribution in [0.15, 0.2) is 23.6 Å². The van der Waals surface area contributed by atoms with E-state index in [2.05, 4.69) is 6.07 Å². The summed E-state index contributed by atoms with van der Waals surface area (Å²) in [7, 11) is 0. The molecule has 0 fully saturated rings. The second-order valence-corrected chi connectivity index (χ2v) is 3.63. The maximum atomic E-state index is 9.48. The van der Waals surface area contributed by atoms with Crippen LogP contribution in [0.2, 0.25) is 0 Å². The molecule has 0 radical (unpaired) electrons. The number of nitrogens with zero attached hydrogens (tertiary/aromatic N) is 1. The Kier molecular flexibility index (Phi) is 1.91. The predicted octanol–water partition coefficient (Wildman–Crippen LogP) is 2.67. The standard InChI is InChI=1S/C10H7NOS/c11-5-4-7-6-13-10-8(7)2-1-3-9(10)12/h1-3,6,12H,4H2. The highest BCUT2D eigenvalue weighted by Crippen LogP contribution is 2.32. The molecular weight excluding hydrogens is 182 g/mol. The van der Waals surface area contributed by atoms with E-state index >= 15 is 0 Å². The molecule has 1 heterocycles. The molecule has 0 saturated heterocycles. The van der Waals surface area contributed by atoms with Crippen LogP contribution in [-0.4, -0.2) is 5.11 Å². The van der Waals surface area contributed by atoms with Gasteiger partial charge in [0, 0.05) is 5.39 Å². The lowest BCUT2D eigenvalue weighted by Crippen LogP contribution is -1.76. The fraction of sp³-hybridized carbons (Fsp3) is 0.100. The van der Waals surface area contributed by atoms with Crippen LogP contribution in [0.4, 0.5) is 0 Å². The Morgan fingerprint density at radius 1 is 1.46 bits per heavy atom. The summed E-state index contributed by atoms with van der Waals surface area (Å²) in [6.45, 7) is 0. The molecule has 0 aliphatic rings. The number of benzene rings is 1. The van der Waals surface area contributed by atoms with Crippen molar-refractivity contribution in [3.63, 3.8) is 0 Å². The van der Waals surface area contributed by atoms with Gasteiger partial charge in [-0.15, -0.1) is 11.3 Å². The first-order valence-corrected chi connectivity index (χ1v) is 4.76. The van der Waals surface area contributed by atoms with E-state index in [1.54, 1.807) is 12.1 Å². The third-order valence-corrected chi connectivity index (χ3v) is 3.00. The number of nitriles is 1. The summed E-state index contributed by atoms with van der Waals surface area (Å²) < 4.78 is 0.868. The minimum absolute atomic E-state index is 0.298. The van der Waals surface area contributed by atoms with E-state index in [9.17, 15) is 5.11 Å². The molecule has 2 rings (SSSR count). The topological polar surface area (TPSA) is 44.0 Å². The zero-order valence-electron chi connectivity index (χ0n) is 6.82. The Balaban J connectivity index is 2.70. The molecule has 0 aliphatic carbocycles. The molecule has 13 heavy (non-hydrogen) atoms. The lowest BCUT2D eigenvalue weighted by Gasteiger charge is -1.94. The van der Waals surface area contributed by atoms with Crippen molar-refractivity contribution in [3.05, 3.63) is 29.1 Å². The number of hydrogen-bond acceptors (Lipinski definition) is 3. The van der Waals surface area contributed by atoms with Crippen LogP contribution < -0.4 is 0 Å². The van der Waals surface area contributed by atoms with E-state index in [0.717, 1.165) is 15.6 Å². The molecule has 0 unspecified atom stereocenters. The number of phenolic OH excluding ortho intramolecular Hbond substituents is 1. The largest absolute Gasteiger partial charge is 0.506 e. The second-order valence-electron chi connectivity index (χ2n) is 2.75. The highest BCUT2D eigenvalue weighted by molar-refractivity contribution is 7.17. The van der Waals surface area contributed by atoms with Crippen molar-refractivity contribution in [1.29, 1.82) is 5.26 Å². The minimum Gasteiger partial charge on any atom is -0.506 e. The zero-order valence-corrected chi connectivity index (χ0v) is 7.64. The Morgan fingerprint density at radius 3 is 3.08 bits per heavy atom. The van der Waals surface area contributed by atoms with Crippen LogP contribution in [0.5, 0.6) is 5.75 Å². The van der Waals surface area contributed by atoms with Crippen molar-refractivity contribution in [2.24, 2.45) is 0 Å². The van der Waals surface area contributed by atoms with Crippen LogP contribution in [0.25, 0.3) is 10.1 Å². The number of thiophene rings is 1. The van der Waals surface area contributed by atoms with E-state index < -0.39 is 0 Å². The SMILES string of the molecule is N#CCc1csc2c(O)cccc12. The molecule has 0 saturated carbocycles. The van der Waals surface area contributed by atoms with Crippen LogP contribution in [-0.2, 0) is 6.42 Å². The monoisotopic (exact) mass is 189 g/mol. The quantitative estimate of drug-likeness (QED) is 0.749. The fourth-order valence-corrected chi connectivity index (χ4v) is 2.30. The molecule has 3 heteroatoms. The summed E-state index contributed by atoms with van der Waals surface area (Å²) in [6, 6.07) is 7.49. The lowest BCUT2D eigenvalue weighted by molar-refractivity contribution is 0.482. The van der Waals surface area contributed by atoms with Crippen LogP contribution in [0.1, 0.15) is 5.56 Å². The summed E-state index contributed by atoms with van der Waals surface area (Å²) in [6.07, 6.45) is 0.406. The van der Waals surface area contributed by atoms with Crippen LogP contribution in [0, 0.1) is 11.3 Å². The molecule has 0 aliphatic heterocycles. The van der Waals surface area contributed by atoms with E-state index in [1.807, 2.05) is 11.4 Å². The van der Waals surface area contributed by atoms with Gasteiger partial charge in [-0.2, -0.15) is 5.26 Å². The van der Waals surface area contributed by atoms with Crippen molar-refractivity contribution in [2.45, 2.75) is 6.42 Å². The van der Waals surface area contributed by atoms with Crippen molar-refractivity contribution in [1.82, 2.24) is 0 Å². The molecule has 1 aromatic carbocycles. The first kappa shape index (κ1) is 8.09. The Bertz CT molecular complexity index is 481. The van der Waals surface area contributed by atoms with Gasteiger partial charge in [-0.3, -0.25) is 0 Å². The second kappa shape index (κ2) is 3.08. The number of phenols is 1. The van der Waals surface area contributed by atoms with Gasteiger partial charge >= 0.3 is 0 Å². The van der Waals surface area contributed by atoms with Gasteiger partial charge in [-0.1, -0.05) is 12.1 Å². The van der Waals surface area contributed by atoms with Gasteiger partial charge < -0.3 is 5.11 Å². The number of fused-ring (bicyclic) bond motifs is 1. The Morgan fingerprint density at radius 2 is 2.31 bits per heavy atom. The molecule has 0 amide bonds. The van der Waals surface area contributed by atoms with Gasteiger partial charge in [-0.05, 0) is 17.0 Å². The lowest BCUT2D eigenvalue weighted by atomic mass is 10.1. The van der Waals surface area contributed by atoms with Gasteiger partial charge in [0.05, 0.1) is 17.2 Å². The van der Waals surface area contributed by atoms with E-state index in [-0.39, 0.29) is 0 Å². The third kappa shape index (κ3) is 1.25. The molecular formula is C10H7NOS. The molecule has 1 N–H and O–H groups in total. The highest BCUT2D eigenvalue weighted by Gasteiger charge is 2.05. The summed E-state index contributed by atoms with van der Waals surface area (Å²) in [4.78, 5) is 0. The molecule has 0 atom stereocenters. The van der Waals surface area contributed by atoms with Gasteiger partial charge in [0.1, 0.15) is 5.75 Å². The van der Waals surface area contributed by atoms with E-state index in [1.165, 1.54) is 11.3 Å². The number of aromatic hydroxyl groups is 1. The Hall–Kier alpha value is -1.53. The van der Waals surface area contributed by atoms with E-state index in [0.29, 0.717) is 12.2 Å². The van der Waals surface area contributed by atoms with Crippen LogP contribution >= 0.6 is 11.3 Å². The first-order chi connectivity index (χ1) is 6.33. The number of rotatable bonds is 1. The predicted molar refractivity (Wildman–Crippen MR) is 52.8 cm³/mol. The van der Waals surface area contributed by atoms with E-state index in [4.69, 9.17) is 5.26 Å². The van der Waals surface area contributed by atoms with Crippen molar-refractivity contribution in [3.8, 4) is 11.8 Å². The summed E-state index contributed by atoms with van der Waals surface area (Å²) >= 11 is 1.48. The van der Waals surface area contributed by atoms with Crippen LogP contribution in [0.3, 0.4) is 0 Å². The summed E-state index contributed by atoms with van der Waals surface area (Å²) in [5.74, 6) is 0.298.